The Kier molecular flexibility index (Phi) is 4.20. The van der Waals surface area contributed by atoms with Gasteiger partial charge in [-0.25, -0.2) is 0 Å². The Morgan fingerprint density at radius 2 is 1.94 bits per heavy atom. The summed E-state index contributed by atoms with van der Waals surface area (Å²) in [6, 6.07) is 3.39. The van der Waals surface area contributed by atoms with Crippen molar-refractivity contribution in [2.24, 2.45) is 5.92 Å². The highest BCUT2D eigenvalue weighted by atomic mass is 35.5. The molecular weight excluding hydrogens is 253 g/mol. The SMILES string of the molecule is CC(C)CC(=O)c1cccc(C(F)(F)F)c1Cl. The van der Waals surface area contributed by atoms with Gasteiger partial charge in [0.2, 0.25) is 0 Å². The third-order valence-corrected chi connectivity index (χ3v) is 2.61. The molecule has 0 amide bonds. The van der Waals surface area contributed by atoms with E-state index in [1.807, 2.05) is 13.8 Å². The standard InChI is InChI=1S/C12H12ClF3O/c1-7(2)6-10(17)8-4-3-5-9(11(8)13)12(14,15)16/h3-5,7H,6H2,1-2H3. The van der Waals surface area contributed by atoms with E-state index in [1.54, 1.807) is 0 Å². The van der Waals surface area contributed by atoms with Crippen LogP contribution in [0.4, 0.5) is 13.2 Å². The topological polar surface area (TPSA) is 17.1 Å². The van der Waals surface area contributed by atoms with Crippen LogP contribution < -0.4 is 0 Å². The number of halogens is 4. The molecule has 0 fully saturated rings. The van der Waals surface area contributed by atoms with Crippen molar-refractivity contribution in [2.45, 2.75) is 26.4 Å². The maximum atomic E-state index is 12.6. The molecule has 1 aromatic rings. The molecule has 1 nitrogen and oxygen atoms in total. The molecule has 0 N–H and O–H groups in total. The van der Waals surface area contributed by atoms with Crippen LogP contribution in [0.2, 0.25) is 5.02 Å². The van der Waals surface area contributed by atoms with Gasteiger partial charge < -0.3 is 0 Å². The van der Waals surface area contributed by atoms with Crippen molar-refractivity contribution in [1.82, 2.24) is 0 Å². The number of carbonyl (C=O) groups is 1. The lowest BCUT2D eigenvalue weighted by Crippen LogP contribution is -2.10. The van der Waals surface area contributed by atoms with Gasteiger partial charge in [0.05, 0.1) is 10.6 Å². The summed E-state index contributed by atoms with van der Waals surface area (Å²) < 4.78 is 37.7. The van der Waals surface area contributed by atoms with Crippen molar-refractivity contribution < 1.29 is 18.0 Å². The van der Waals surface area contributed by atoms with E-state index in [0.29, 0.717) is 0 Å². The van der Waals surface area contributed by atoms with E-state index in [2.05, 4.69) is 0 Å². The third kappa shape index (κ3) is 3.46. The fraction of sp³-hybridized carbons (Fsp3) is 0.417. The number of rotatable bonds is 3. The maximum Gasteiger partial charge on any atom is 0.417 e. The molecule has 0 saturated carbocycles. The molecule has 0 aliphatic carbocycles. The van der Waals surface area contributed by atoms with Gasteiger partial charge in [-0.05, 0) is 18.1 Å². The number of hydrogen-bond donors (Lipinski definition) is 0. The molecule has 0 saturated heterocycles. The van der Waals surface area contributed by atoms with Gasteiger partial charge in [0.25, 0.3) is 0 Å². The number of hydrogen-bond acceptors (Lipinski definition) is 1. The Labute approximate surface area is 103 Å². The van der Waals surface area contributed by atoms with Crippen LogP contribution >= 0.6 is 11.6 Å². The molecule has 0 atom stereocenters. The Bertz CT molecular complexity index is 424. The number of Topliss-reactive ketones (excluding diaryl/α,β-unsaturated/α-hetero) is 1. The first-order valence-electron chi connectivity index (χ1n) is 5.12. The molecule has 5 heteroatoms. The summed E-state index contributed by atoms with van der Waals surface area (Å²) in [6.07, 6.45) is -4.35. The molecule has 0 bridgehead atoms. The summed E-state index contributed by atoms with van der Waals surface area (Å²) >= 11 is 5.63. The fourth-order valence-corrected chi connectivity index (χ4v) is 1.79. The summed E-state index contributed by atoms with van der Waals surface area (Å²) in [5.41, 5.74) is -1.02. The minimum Gasteiger partial charge on any atom is -0.294 e. The maximum absolute atomic E-state index is 12.6. The monoisotopic (exact) mass is 264 g/mol. The minimum atomic E-state index is -4.54. The van der Waals surface area contributed by atoms with E-state index in [9.17, 15) is 18.0 Å². The molecule has 94 valence electrons. The van der Waals surface area contributed by atoms with Crippen LogP contribution in [0.25, 0.3) is 0 Å². The molecule has 1 rings (SSSR count). The Morgan fingerprint density at radius 1 is 1.35 bits per heavy atom. The molecule has 0 radical (unpaired) electrons. The normalized spacial score (nSPS) is 11.9. The predicted molar refractivity (Wildman–Crippen MR) is 60.2 cm³/mol. The van der Waals surface area contributed by atoms with Crippen LogP contribution in [0, 0.1) is 5.92 Å². The number of carbonyl (C=O) groups excluding carboxylic acids is 1. The van der Waals surface area contributed by atoms with Gasteiger partial charge in [-0.3, -0.25) is 4.79 Å². The van der Waals surface area contributed by atoms with Crippen LogP contribution in [0.1, 0.15) is 36.2 Å². The molecule has 0 unspecified atom stereocenters. The van der Waals surface area contributed by atoms with E-state index >= 15 is 0 Å². The van der Waals surface area contributed by atoms with Crippen LogP contribution in [-0.2, 0) is 6.18 Å². The van der Waals surface area contributed by atoms with Gasteiger partial charge in [-0.2, -0.15) is 13.2 Å². The summed E-state index contributed by atoms with van der Waals surface area (Å²) in [5, 5.41) is -0.509. The molecule has 0 heterocycles. The van der Waals surface area contributed by atoms with Gasteiger partial charge in [0.1, 0.15) is 0 Å². The molecule has 0 aromatic heterocycles. The first kappa shape index (κ1) is 14.0. The second kappa shape index (κ2) is 5.08. The third-order valence-electron chi connectivity index (χ3n) is 2.20. The highest BCUT2D eigenvalue weighted by Gasteiger charge is 2.34. The highest BCUT2D eigenvalue weighted by molar-refractivity contribution is 6.34. The number of alkyl halides is 3. The van der Waals surface area contributed by atoms with Gasteiger partial charge >= 0.3 is 6.18 Å². The molecule has 0 aliphatic rings. The van der Waals surface area contributed by atoms with E-state index < -0.39 is 16.8 Å². The lowest BCUT2D eigenvalue weighted by molar-refractivity contribution is -0.137. The first-order valence-corrected chi connectivity index (χ1v) is 5.50. The second-order valence-corrected chi connectivity index (χ2v) is 4.56. The lowest BCUT2D eigenvalue weighted by Gasteiger charge is -2.12. The zero-order valence-electron chi connectivity index (χ0n) is 9.44. The first-order chi connectivity index (χ1) is 7.73. The van der Waals surface area contributed by atoms with Gasteiger partial charge in [-0.15, -0.1) is 0 Å². The van der Waals surface area contributed by atoms with Crippen molar-refractivity contribution >= 4 is 17.4 Å². The van der Waals surface area contributed by atoms with Crippen LogP contribution in [0.3, 0.4) is 0 Å². The summed E-state index contributed by atoms with van der Waals surface area (Å²) in [7, 11) is 0. The van der Waals surface area contributed by atoms with Crippen LogP contribution in [0.15, 0.2) is 18.2 Å². The molecule has 1 aromatic carbocycles. The average molecular weight is 265 g/mol. The van der Waals surface area contributed by atoms with E-state index in [1.165, 1.54) is 12.1 Å². The van der Waals surface area contributed by atoms with E-state index in [-0.39, 0.29) is 23.7 Å². The molecule has 0 spiro atoms. The van der Waals surface area contributed by atoms with E-state index in [4.69, 9.17) is 11.6 Å². The quantitative estimate of drug-likeness (QED) is 0.730. The fourth-order valence-electron chi connectivity index (χ4n) is 1.45. The van der Waals surface area contributed by atoms with Crippen molar-refractivity contribution in [3.63, 3.8) is 0 Å². The average Bonchev–Trinajstić information content (AvgIpc) is 2.14. The second-order valence-electron chi connectivity index (χ2n) is 4.19. The molecule has 17 heavy (non-hydrogen) atoms. The minimum absolute atomic E-state index is 0.0600. The Balaban J connectivity index is 3.15. The van der Waals surface area contributed by atoms with Crippen LogP contribution in [0.5, 0.6) is 0 Å². The molecular formula is C12H12ClF3O. The van der Waals surface area contributed by atoms with E-state index in [0.717, 1.165) is 6.07 Å². The summed E-state index contributed by atoms with van der Waals surface area (Å²) in [4.78, 5) is 11.7. The Hall–Kier alpha value is -1.03. The van der Waals surface area contributed by atoms with Gasteiger partial charge in [0.15, 0.2) is 5.78 Å². The smallest absolute Gasteiger partial charge is 0.294 e. The zero-order chi connectivity index (χ0) is 13.2. The predicted octanol–water partition coefficient (Wildman–Crippen LogP) is 4.59. The van der Waals surface area contributed by atoms with Crippen molar-refractivity contribution in [1.29, 1.82) is 0 Å². The summed E-state index contributed by atoms with van der Waals surface area (Å²) in [5.74, 6) is -0.288. The van der Waals surface area contributed by atoms with Gasteiger partial charge in [0, 0.05) is 12.0 Å². The van der Waals surface area contributed by atoms with Crippen molar-refractivity contribution in [2.75, 3.05) is 0 Å². The van der Waals surface area contributed by atoms with Crippen LogP contribution in [-0.4, -0.2) is 5.78 Å². The zero-order valence-corrected chi connectivity index (χ0v) is 10.2. The number of ketones is 1. The van der Waals surface area contributed by atoms with Crippen molar-refractivity contribution in [3.05, 3.63) is 34.3 Å². The lowest BCUT2D eigenvalue weighted by atomic mass is 9.99. The Morgan fingerprint density at radius 3 is 2.41 bits per heavy atom. The number of benzene rings is 1. The summed E-state index contributed by atoms with van der Waals surface area (Å²) in [6.45, 7) is 3.64. The largest absolute Gasteiger partial charge is 0.417 e. The van der Waals surface area contributed by atoms with Crippen molar-refractivity contribution in [3.8, 4) is 0 Å². The molecule has 0 aliphatic heterocycles. The van der Waals surface area contributed by atoms with Gasteiger partial charge in [-0.1, -0.05) is 31.5 Å². The highest BCUT2D eigenvalue weighted by Crippen LogP contribution is 2.36.